The number of aromatic nitrogens is 3. The molecule has 5 rings (SSSR count). The highest BCUT2D eigenvalue weighted by Gasteiger charge is 2.54. The zero-order valence-electron chi connectivity index (χ0n) is 18.4. The van der Waals surface area contributed by atoms with Crippen LogP contribution in [0.25, 0.3) is 9.66 Å². The summed E-state index contributed by atoms with van der Waals surface area (Å²) in [6.07, 6.45) is -0.0907. The summed E-state index contributed by atoms with van der Waals surface area (Å²) in [5, 5.41) is 17.5. The van der Waals surface area contributed by atoms with Gasteiger partial charge in [0.15, 0.2) is 10.7 Å². The van der Waals surface area contributed by atoms with Crippen molar-refractivity contribution in [1.82, 2.24) is 15.1 Å². The molecule has 0 bridgehead atoms. The van der Waals surface area contributed by atoms with E-state index < -0.39 is 23.6 Å². The van der Waals surface area contributed by atoms with E-state index in [9.17, 15) is 14.7 Å². The normalized spacial score (nSPS) is 14.7. The number of carboxylic acid groups (broad SMARTS) is 1. The molecule has 178 valence electrons. The van der Waals surface area contributed by atoms with Gasteiger partial charge < -0.3 is 14.4 Å². The summed E-state index contributed by atoms with van der Waals surface area (Å²) in [5.41, 5.74) is 1.04. The number of anilines is 1. The lowest BCUT2D eigenvalue weighted by molar-refractivity contribution is -0.140. The highest BCUT2D eigenvalue weighted by Crippen LogP contribution is 2.51. The second kappa shape index (κ2) is 8.96. The molecule has 1 aromatic carbocycles. The van der Waals surface area contributed by atoms with Gasteiger partial charge in [-0.15, -0.1) is 11.3 Å². The molecule has 2 N–H and O–H groups in total. The molecule has 0 aliphatic heterocycles. The van der Waals surface area contributed by atoms with Crippen LogP contribution in [0, 0.1) is 18.8 Å². The number of halogens is 1. The summed E-state index contributed by atoms with van der Waals surface area (Å²) in [6, 6.07) is 7.11. The Labute approximate surface area is 212 Å². The van der Waals surface area contributed by atoms with E-state index in [-0.39, 0.29) is 5.76 Å². The molecule has 1 unspecified atom stereocenters. The number of fused-ring (bicyclic) bond motifs is 1. The Kier molecular flexibility index (Phi) is 5.96. The molecule has 3 heterocycles. The van der Waals surface area contributed by atoms with Crippen LogP contribution in [0.3, 0.4) is 0 Å². The fourth-order valence-corrected chi connectivity index (χ4v) is 5.92. The van der Waals surface area contributed by atoms with Crippen LogP contribution in [-0.2, 0) is 14.9 Å². The molecule has 1 aliphatic rings. The Morgan fingerprint density at radius 3 is 2.71 bits per heavy atom. The summed E-state index contributed by atoms with van der Waals surface area (Å²) in [6.45, 7) is 3.39. The van der Waals surface area contributed by atoms with Gasteiger partial charge in [-0.25, -0.2) is 14.8 Å². The molecule has 1 saturated carbocycles. The van der Waals surface area contributed by atoms with E-state index >= 15 is 0 Å². The van der Waals surface area contributed by atoms with Crippen molar-refractivity contribution in [3.8, 4) is 11.8 Å². The van der Waals surface area contributed by atoms with Crippen molar-refractivity contribution in [3.05, 3.63) is 56.3 Å². The maximum Gasteiger partial charge on any atom is 0.412 e. The van der Waals surface area contributed by atoms with Gasteiger partial charge in [-0.2, -0.15) is 0 Å². The Balaban J connectivity index is 1.30. The third-order valence-electron chi connectivity index (χ3n) is 5.54. The molecule has 0 radical (unpaired) electrons. The third kappa shape index (κ3) is 4.48. The van der Waals surface area contributed by atoms with Crippen molar-refractivity contribution in [1.29, 1.82) is 0 Å². The minimum Gasteiger partial charge on any atom is -0.481 e. The first-order chi connectivity index (χ1) is 16.8. The van der Waals surface area contributed by atoms with Crippen molar-refractivity contribution in [3.63, 3.8) is 0 Å². The summed E-state index contributed by atoms with van der Waals surface area (Å²) in [4.78, 5) is 32.8. The van der Waals surface area contributed by atoms with Gasteiger partial charge in [0, 0.05) is 10.6 Å². The van der Waals surface area contributed by atoms with E-state index in [1.54, 1.807) is 32.0 Å². The quantitative estimate of drug-likeness (QED) is 0.324. The smallest absolute Gasteiger partial charge is 0.412 e. The molecule has 1 atom stereocenters. The Bertz CT molecular complexity index is 1490. The lowest BCUT2D eigenvalue weighted by Gasteiger charge is -2.15. The van der Waals surface area contributed by atoms with Gasteiger partial charge in [0.25, 0.3) is 0 Å². The molecule has 4 aromatic rings. The standard InChI is InChI=1S/C23H17ClN4O5S2/c1-11-17(26-22(31)32-12(2)13-5-3-4-6-14(13)24)15(33-28-11)7-8-16-25-18-19(34-16)35-20(27-18)23(9-10-23)21(29)30/h3-6,12H,9-10H2,1-2H3,(H,26,31)(H,29,30). The zero-order valence-corrected chi connectivity index (χ0v) is 20.8. The first-order valence-corrected chi connectivity index (χ1v) is 12.5. The molecule has 9 nitrogen and oxygen atoms in total. The maximum absolute atomic E-state index is 12.5. The second-order valence-electron chi connectivity index (χ2n) is 7.95. The first kappa shape index (κ1) is 23.3. The SMILES string of the molecule is Cc1noc(C#Cc2nc3nc(C4(C(=O)O)CC4)sc3s2)c1NC(=O)OC(C)c1ccccc1Cl. The number of benzene rings is 1. The Morgan fingerprint density at radius 1 is 1.26 bits per heavy atom. The van der Waals surface area contributed by atoms with Gasteiger partial charge >= 0.3 is 12.1 Å². The number of carbonyl (C=O) groups is 2. The van der Waals surface area contributed by atoms with Crippen molar-refractivity contribution in [2.75, 3.05) is 5.32 Å². The number of nitrogens with one attached hydrogen (secondary N) is 1. The predicted octanol–water partition coefficient (Wildman–Crippen LogP) is 5.53. The van der Waals surface area contributed by atoms with Crippen molar-refractivity contribution >= 4 is 61.7 Å². The van der Waals surface area contributed by atoms with Gasteiger partial charge in [-0.1, -0.05) is 46.3 Å². The van der Waals surface area contributed by atoms with Gasteiger partial charge in [-0.05, 0) is 44.6 Å². The molecular weight excluding hydrogens is 512 g/mol. The summed E-state index contributed by atoms with van der Waals surface area (Å²) >= 11 is 8.83. The topological polar surface area (TPSA) is 127 Å². The third-order valence-corrected chi connectivity index (χ3v) is 8.19. The van der Waals surface area contributed by atoms with Gasteiger partial charge in [-0.3, -0.25) is 10.1 Å². The molecule has 0 spiro atoms. The number of amides is 1. The van der Waals surface area contributed by atoms with Gasteiger partial charge in [0.05, 0.1) is 0 Å². The highest BCUT2D eigenvalue weighted by molar-refractivity contribution is 7.38. The lowest BCUT2D eigenvalue weighted by atomic mass is 10.1. The average Bonchev–Trinajstić information content (AvgIpc) is 3.25. The minimum atomic E-state index is -0.854. The largest absolute Gasteiger partial charge is 0.481 e. The van der Waals surface area contributed by atoms with Crippen molar-refractivity contribution < 1.29 is 24.0 Å². The number of aryl methyl sites for hydroxylation is 1. The average molecular weight is 529 g/mol. The lowest BCUT2D eigenvalue weighted by Crippen LogP contribution is -2.18. The zero-order chi connectivity index (χ0) is 24.7. The molecule has 1 amide bonds. The summed E-state index contributed by atoms with van der Waals surface area (Å²) < 4.78 is 11.5. The number of ether oxygens (including phenoxy) is 1. The number of rotatable bonds is 5. The first-order valence-electron chi connectivity index (χ1n) is 10.5. The Hall–Kier alpha value is -3.46. The number of thiazole rings is 2. The van der Waals surface area contributed by atoms with E-state index in [1.807, 2.05) is 6.07 Å². The molecule has 35 heavy (non-hydrogen) atoms. The van der Waals surface area contributed by atoms with Gasteiger partial charge in [0.1, 0.15) is 31.9 Å². The minimum absolute atomic E-state index is 0.153. The van der Waals surface area contributed by atoms with E-state index in [1.165, 1.54) is 22.7 Å². The van der Waals surface area contributed by atoms with Crippen LogP contribution in [0.15, 0.2) is 28.8 Å². The Morgan fingerprint density at radius 2 is 2.03 bits per heavy atom. The molecule has 1 fully saturated rings. The van der Waals surface area contributed by atoms with Crippen LogP contribution >= 0.6 is 34.3 Å². The van der Waals surface area contributed by atoms with E-state index in [2.05, 4.69) is 32.3 Å². The maximum atomic E-state index is 12.5. The monoisotopic (exact) mass is 528 g/mol. The van der Waals surface area contributed by atoms with Gasteiger partial charge in [0.2, 0.25) is 5.76 Å². The van der Waals surface area contributed by atoms with Crippen LogP contribution in [0.4, 0.5) is 10.5 Å². The van der Waals surface area contributed by atoms with Crippen LogP contribution in [-0.4, -0.2) is 32.3 Å². The number of aliphatic carboxylic acids is 1. The van der Waals surface area contributed by atoms with E-state index in [0.717, 1.165) is 4.01 Å². The van der Waals surface area contributed by atoms with E-state index in [0.29, 0.717) is 50.5 Å². The van der Waals surface area contributed by atoms with Crippen molar-refractivity contribution in [2.24, 2.45) is 0 Å². The number of hydrogen-bond donors (Lipinski definition) is 2. The molecule has 3 aromatic heterocycles. The van der Waals surface area contributed by atoms with Crippen LogP contribution in [0.1, 0.15) is 52.9 Å². The van der Waals surface area contributed by atoms with Crippen molar-refractivity contribution in [2.45, 2.75) is 38.2 Å². The number of carboxylic acids is 1. The fourth-order valence-electron chi connectivity index (χ4n) is 3.42. The summed E-state index contributed by atoms with van der Waals surface area (Å²) in [5.74, 6) is 5.04. The highest BCUT2D eigenvalue weighted by atomic mass is 35.5. The molecule has 0 saturated heterocycles. The van der Waals surface area contributed by atoms with Crippen LogP contribution in [0.2, 0.25) is 5.02 Å². The number of hydrogen-bond acceptors (Lipinski definition) is 9. The fraction of sp³-hybridized carbons (Fsp3) is 0.261. The molecule has 1 aliphatic carbocycles. The van der Waals surface area contributed by atoms with Crippen LogP contribution in [0.5, 0.6) is 0 Å². The molecule has 12 heteroatoms. The van der Waals surface area contributed by atoms with E-state index in [4.69, 9.17) is 20.9 Å². The van der Waals surface area contributed by atoms with Crippen LogP contribution < -0.4 is 5.32 Å². The second-order valence-corrected chi connectivity index (χ2v) is 10.6. The summed E-state index contributed by atoms with van der Waals surface area (Å²) in [7, 11) is 0. The molecular formula is C23H17ClN4O5S2. The number of carbonyl (C=O) groups excluding carboxylic acids is 1. The number of nitrogens with zero attached hydrogens (tertiary/aromatic N) is 3. The predicted molar refractivity (Wildman–Crippen MR) is 131 cm³/mol.